The summed E-state index contributed by atoms with van der Waals surface area (Å²) in [7, 11) is 0. The van der Waals surface area contributed by atoms with Gasteiger partial charge in [-0.25, -0.2) is 0 Å². The maximum atomic E-state index is 5.60. The number of ether oxygens (including phenoxy) is 2. The molecule has 1 atom stereocenters. The molecule has 0 bridgehead atoms. The average molecular weight is 255 g/mol. The molecule has 14 heavy (non-hydrogen) atoms. The molecule has 2 nitrogen and oxygen atoms in total. The number of halogens is 1. The maximum absolute atomic E-state index is 5.60. The fourth-order valence-corrected chi connectivity index (χ4v) is 1.74. The zero-order chi connectivity index (χ0) is 9.97. The van der Waals surface area contributed by atoms with Gasteiger partial charge in [0.15, 0.2) is 0 Å². The van der Waals surface area contributed by atoms with Crippen LogP contribution in [0.15, 0.2) is 28.7 Å². The second-order valence-corrected chi connectivity index (χ2v) is 3.90. The quantitative estimate of drug-likeness (QED) is 0.807. The topological polar surface area (TPSA) is 18.5 Å². The lowest BCUT2D eigenvalue weighted by Crippen LogP contribution is -2.20. The molecule has 3 heteroatoms. The molecule has 0 N–H and O–H groups in total. The van der Waals surface area contributed by atoms with Crippen molar-refractivity contribution in [3.63, 3.8) is 0 Å². The van der Waals surface area contributed by atoms with Crippen LogP contribution < -0.4 is 4.74 Å². The van der Waals surface area contributed by atoms with E-state index in [0.29, 0.717) is 6.61 Å². The highest BCUT2D eigenvalue weighted by Crippen LogP contribution is 2.28. The van der Waals surface area contributed by atoms with Gasteiger partial charge < -0.3 is 9.47 Å². The van der Waals surface area contributed by atoms with Gasteiger partial charge in [-0.05, 0) is 37.3 Å². The Hall–Kier alpha value is -0.800. The number of hydrogen-bond acceptors (Lipinski definition) is 2. The van der Waals surface area contributed by atoms with E-state index < -0.39 is 0 Å². The fraction of sp³-hybridized carbons (Fsp3) is 0.273. The van der Waals surface area contributed by atoms with E-state index in [4.69, 9.17) is 9.47 Å². The number of benzene rings is 1. The summed E-state index contributed by atoms with van der Waals surface area (Å²) in [6, 6.07) is 5.92. The van der Waals surface area contributed by atoms with Crippen molar-refractivity contribution in [2.45, 2.75) is 13.2 Å². The van der Waals surface area contributed by atoms with Gasteiger partial charge in [0, 0.05) is 16.6 Å². The van der Waals surface area contributed by atoms with Crippen LogP contribution in [0, 0.1) is 0 Å². The van der Waals surface area contributed by atoms with Crippen molar-refractivity contribution in [3.05, 3.63) is 34.3 Å². The highest BCUT2D eigenvalue weighted by atomic mass is 79.9. The Morgan fingerprint density at radius 2 is 2.36 bits per heavy atom. The summed E-state index contributed by atoms with van der Waals surface area (Å²) in [5.41, 5.74) is 1.08. The van der Waals surface area contributed by atoms with Crippen LogP contribution in [0.25, 0.3) is 6.08 Å². The second kappa shape index (κ2) is 4.15. The highest BCUT2D eigenvalue weighted by molar-refractivity contribution is 9.10. The van der Waals surface area contributed by atoms with E-state index in [-0.39, 0.29) is 6.29 Å². The standard InChI is InChI=1S/C11H11BrO2/c1-2-13-11-6-3-8-7-9(12)4-5-10(8)14-11/h3-7,11H,2H2,1H3/t11-/m1/s1. The molecular formula is C11H11BrO2. The molecule has 2 rings (SSSR count). The lowest BCUT2D eigenvalue weighted by Gasteiger charge is -2.20. The van der Waals surface area contributed by atoms with E-state index in [0.717, 1.165) is 15.8 Å². The Kier molecular flexibility index (Phi) is 2.89. The zero-order valence-electron chi connectivity index (χ0n) is 7.87. The molecule has 0 saturated carbocycles. The summed E-state index contributed by atoms with van der Waals surface area (Å²) in [6.45, 7) is 2.61. The van der Waals surface area contributed by atoms with Gasteiger partial charge in [-0.3, -0.25) is 0 Å². The van der Waals surface area contributed by atoms with Crippen molar-refractivity contribution in [1.82, 2.24) is 0 Å². The molecule has 0 amide bonds. The van der Waals surface area contributed by atoms with Crippen LogP contribution in [-0.4, -0.2) is 12.9 Å². The minimum absolute atomic E-state index is 0.242. The van der Waals surface area contributed by atoms with Crippen LogP contribution in [-0.2, 0) is 4.74 Å². The van der Waals surface area contributed by atoms with Gasteiger partial charge in [-0.15, -0.1) is 0 Å². The van der Waals surface area contributed by atoms with Gasteiger partial charge in [-0.2, -0.15) is 0 Å². The molecule has 0 spiro atoms. The van der Waals surface area contributed by atoms with Crippen LogP contribution in [0.4, 0.5) is 0 Å². The molecule has 1 aromatic carbocycles. The van der Waals surface area contributed by atoms with Crippen LogP contribution in [0.1, 0.15) is 12.5 Å². The summed E-state index contributed by atoms with van der Waals surface area (Å²) in [4.78, 5) is 0. The molecule has 0 fully saturated rings. The molecular weight excluding hydrogens is 244 g/mol. The Morgan fingerprint density at radius 1 is 1.50 bits per heavy atom. The van der Waals surface area contributed by atoms with Crippen LogP contribution in [0.5, 0.6) is 5.75 Å². The van der Waals surface area contributed by atoms with Crippen molar-refractivity contribution in [1.29, 1.82) is 0 Å². The van der Waals surface area contributed by atoms with E-state index >= 15 is 0 Å². The minimum atomic E-state index is -0.242. The first kappa shape index (κ1) is 9.74. The molecule has 1 aliphatic rings. The Labute approximate surface area is 91.7 Å². The van der Waals surface area contributed by atoms with Crippen molar-refractivity contribution < 1.29 is 9.47 Å². The van der Waals surface area contributed by atoms with Gasteiger partial charge in [0.05, 0.1) is 0 Å². The third kappa shape index (κ3) is 1.99. The Balaban J connectivity index is 2.23. The Morgan fingerprint density at radius 3 is 3.14 bits per heavy atom. The molecule has 0 unspecified atom stereocenters. The summed E-state index contributed by atoms with van der Waals surface area (Å²) >= 11 is 3.42. The first-order chi connectivity index (χ1) is 6.79. The Bertz CT molecular complexity index is 360. The van der Waals surface area contributed by atoms with Gasteiger partial charge >= 0.3 is 0 Å². The van der Waals surface area contributed by atoms with E-state index in [1.807, 2.05) is 37.3 Å². The van der Waals surface area contributed by atoms with Crippen molar-refractivity contribution in [3.8, 4) is 5.75 Å². The normalized spacial score (nSPS) is 18.9. The molecule has 0 aromatic heterocycles. The maximum Gasteiger partial charge on any atom is 0.220 e. The molecule has 0 radical (unpaired) electrons. The van der Waals surface area contributed by atoms with E-state index in [1.54, 1.807) is 0 Å². The minimum Gasteiger partial charge on any atom is -0.461 e. The third-order valence-corrected chi connectivity index (χ3v) is 2.47. The predicted octanol–water partition coefficient (Wildman–Crippen LogP) is 3.22. The van der Waals surface area contributed by atoms with Crippen LogP contribution in [0.3, 0.4) is 0 Å². The number of rotatable bonds is 2. The smallest absolute Gasteiger partial charge is 0.220 e. The second-order valence-electron chi connectivity index (χ2n) is 2.98. The summed E-state index contributed by atoms with van der Waals surface area (Å²) < 4.78 is 12.0. The number of hydrogen-bond donors (Lipinski definition) is 0. The first-order valence-corrected chi connectivity index (χ1v) is 5.35. The van der Waals surface area contributed by atoms with Gasteiger partial charge in [-0.1, -0.05) is 15.9 Å². The predicted molar refractivity (Wildman–Crippen MR) is 59.2 cm³/mol. The highest BCUT2D eigenvalue weighted by Gasteiger charge is 2.13. The monoisotopic (exact) mass is 254 g/mol. The van der Waals surface area contributed by atoms with Gasteiger partial charge in [0.25, 0.3) is 0 Å². The lowest BCUT2D eigenvalue weighted by atomic mass is 10.1. The molecule has 1 heterocycles. The summed E-state index contributed by atoms with van der Waals surface area (Å²) in [5.74, 6) is 0.870. The fourth-order valence-electron chi connectivity index (χ4n) is 1.36. The molecule has 0 saturated heterocycles. The first-order valence-electron chi connectivity index (χ1n) is 4.55. The number of fused-ring (bicyclic) bond motifs is 1. The van der Waals surface area contributed by atoms with Crippen molar-refractivity contribution in [2.75, 3.05) is 6.61 Å². The average Bonchev–Trinajstić information content (AvgIpc) is 2.19. The molecule has 1 aliphatic heterocycles. The van der Waals surface area contributed by atoms with Gasteiger partial charge in [0.1, 0.15) is 5.75 Å². The van der Waals surface area contributed by atoms with E-state index in [2.05, 4.69) is 15.9 Å². The summed E-state index contributed by atoms with van der Waals surface area (Å²) in [5, 5.41) is 0. The molecule has 74 valence electrons. The van der Waals surface area contributed by atoms with E-state index in [9.17, 15) is 0 Å². The summed E-state index contributed by atoms with van der Waals surface area (Å²) in [6.07, 6.45) is 3.69. The lowest BCUT2D eigenvalue weighted by molar-refractivity contribution is -0.0414. The van der Waals surface area contributed by atoms with E-state index in [1.165, 1.54) is 0 Å². The zero-order valence-corrected chi connectivity index (χ0v) is 9.45. The third-order valence-electron chi connectivity index (χ3n) is 1.98. The SMILES string of the molecule is CCO[C@H]1C=Cc2cc(Br)ccc2O1. The largest absolute Gasteiger partial charge is 0.461 e. The van der Waals surface area contributed by atoms with Crippen molar-refractivity contribution >= 4 is 22.0 Å². The van der Waals surface area contributed by atoms with Crippen LogP contribution >= 0.6 is 15.9 Å². The van der Waals surface area contributed by atoms with Gasteiger partial charge in [0.2, 0.25) is 6.29 Å². The van der Waals surface area contributed by atoms with Crippen LogP contribution in [0.2, 0.25) is 0 Å². The van der Waals surface area contributed by atoms with Crippen molar-refractivity contribution in [2.24, 2.45) is 0 Å². The molecule has 1 aromatic rings. The molecule has 0 aliphatic carbocycles.